The summed E-state index contributed by atoms with van der Waals surface area (Å²) < 4.78 is 17.8. The van der Waals surface area contributed by atoms with Crippen molar-refractivity contribution < 1.29 is 14.2 Å². The molecule has 2 N–H and O–H groups in total. The number of nitrogens with two attached hydrogens (primary N) is 1. The molecule has 0 amide bonds. The van der Waals surface area contributed by atoms with Crippen molar-refractivity contribution in [2.45, 2.75) is 63.7 Å². The van der Waals surface area contributed by atoms with Crippen LogP contribution in [0, 0.1) is 5.92 Å². The van der Waals surface area contributed by atoms with Crippen LogP contribution in [0.15, 0.2) is 30.5 Å². The largest absolute Gasteiger partial charge is 0.489 e. The lowest BCUT2D eigenvalue weighted by molar-refractivity contribution is 0.138. The third-order valence-electron chi connectivity index (χ3n) is 7.08. The molecule has 0 spiro atoms. The lowest BCUT2D eigenvalue weighted by Gasteiger charge is -2.33. The molecule has 0 radical (unpaired) electrons. The summed E-state index contributed by atoms with van der Waals surface area (Å²) in [5.74, 6) is 2.51. The minimum atomic E-state index is 0.00310. The standard InChI is InChI=1S/C25H34N4O3/c1-17-2-6-19(7-3-17)29-12-10-21(15-29)31-20-8-4-18(5-9-20)23-14-27-25(26)28-24(23)32-22-11-13-30-16-22/h4-5,8-9,14,17,19,21-22H,2-3,6-7,10-13,15-16H2,1H3,(H2,26,27,28)/t17?,19?,21?,22-/m1/s1. The number of benzene rings is 1. The fraction of sp³-hybridized carbons (Fsp3) is 0.600. The summed E-state index contributed by atoms with van der Waals surface area (Å²) in [5, 5.41) is 0. The average Bonchev–Trinajstić information content (AvgIpc) is 3.48. The molecule has 1 saturated carbocycles. The Morgan fingerprint density at radius 1 is 1.00 bits per heavy atom. The fourth-order valence-electron chi connectivity index (χ4n) is 5.13. The van der Waals surface area contributed by atoms with Crippen LogP contribution in [0.25, 0.3) is 11.1 Å². The Hall–Kier alpha value is -2.38. The van der Waals surface area contributed by atoms with Gasteiger partial charge in [-0.15, -0.1) is 0 Å². The van der Waals surface area contributed by atoms with Crippen LogP contribution in [0.1, 0.15) is 45.4 Å². The van der Waals surface area contributed by atoms with E-state index in [0.29, 0.717) is 19.1 Å². The van der Waals surface area contributed by atoms with Gasteiger partial charge in [-0.2, -0.15) is 4.98 Å². The monoisotopic (exact) mass is 438 g/mol. The van der Waals surface area contributed by atoms with Gasteiger partial charge in [-0.25, -0.2) is 4.98 Å². The van der Waals surface area contributed by atoms with Crippen molar-refractivity contribution in [2.75, 3.05) is 32.0 Å². The first-order valence-corrected chi connectivity index (χ1v) is 12.0. The minimum absolute atomic E-state index is 0.00310. The number of rotatable bonds is 6. The van der Waals surface area contributed by atoms with Crippen molar-refractivity contribution in [3.8, 4) is 22.8 Å². The van der Waals surface area contributed by atoms with Gasteiger partial charge in [-0.05, 0) is 55.7 Å². The van der Waals surface area contributed by atoms with Crippen molar-refractivity contribution in [1.82, 2.24) is 14.9 Å². The maximum Gasteiger partial charge on any atom is 0.226 e. The molecule has 1 aromatic carbocycles. The first-order chi connectivity index (χ1) is 15.6. The molecule has 172 valence electrons. The second-order valence-corrected chi connectivity index (χ2v) is 9.51. The topological polar surface area (TPSA) is 82.7 Å². The third-order valence-corrected chi connectivity index (χ3v) is 7.08. The maximum atomic E-state index is 6.32. The Labute approximate surface area is 190 Å². The quantitative estimate of drug-likeness (QED) is 0.732. The Balaban J connectivity index is 1.21. The number of nitrogen functional groups attached to an aromatic ring is 1. The van der Waals surface area contributed by atoms with Crippen LogP contribution >= 0.6 is 0 Å². The first kappa shape index (κ1) is 21.5. The molecule has 7 nitrogen and oxygen atoms in total. The molecule has 3 heterocycles. The van der Waals surface area contributed by atoms with Crippen molar-refractivity contribution in [3.05, 3.63) is 30.5 Å². The zero-order valence-electron chi connectivity index (χ0n) is 18.9. The van der Waals surface area contributed by atoms with Crippen LogP contribution in [0.5, 0.6) is 11.6 Å². The van der Waals surface area contributed by atoms with Crippen LogP contribution in [0.4, 0.5) is 5.95 Å². The summed E-state index contributed by atoms with van der Waals surface area (Å²) in [4.78, 5) is 11.1. The van der Waals surface area contributed by atoms with Crippen molar-refractivity contribution in [2.24, 2.45) is 5.92 Å². The molecule has 1 aliphatic carbocycles. The summed E-state index contributed by atoms with van der Waals surface area (Å²) in [6, 6.07) is 8.88. The minimum Gasteiger partial charge on any atom is -0.489 e. The van der Waals surface area contributed by atoms with Crippen LogP contribution in [0.2, 0.25) is 0 Å². The van der Waals surface area contributed by atoms with E-state index in [1.165, 1.54) is 25.7 Å². The third kappa shape index (κ3) is 4.99. The van der Waals surface area contributed by atoms with E-state index in [1.54, 1.807) is 6.20 Å². The number of likely N-dealkylation sites (tertiary alicyclic amines) is 1. The smallest absolute Gasteiger partial charge is 0.226 e. The number of hydrogen-bond donors (Lipinski definition) is 1. The predicted octanol–water partition coefficient (Wildman–Crippen LogP) is 3.93. The number of aromatic nitrogens is 2. The Morgan fingerprint density at radius 2 is 1.81 bits per heavy atom. The Kier molecular flexibility index (Phi) is 6.46. The summed E-state index contributed by atoms with van der Waals surface area (Å²) >= 11 is 0. The Bertz CT molecular complexity index is 893. The van der Waals surface area contributed by atoms with Gasteiger partial charge in [0.05, 0.1) is 18.8 Å². The lowest BCUT2D eigenvalue weighted by atomic mass is 9.87. The van der Waals surface area contributed by atoms with Gasteiger partial charge in [0.2, 0.25) is 11.8 Å². The number of anilines is 1. The van der Waals surface area contributed by atoms with Crippen molar-refractivity contribution >= 4 is 5.95 Å². The van der Waals surface area contributed by atoms with Gasteiger partial charge >= 0.3 is 0 Å². The normalized spacial score (nSPS) is 28.7. The second kappa shape index (κ2) is 9.63. The van der Waals surface area contributed by atoms with E-state index >= 15 is 0 Å². The molecule has 2 aromatic rings. The van der Waals surface area contributed by atoms with Gasteiger partial charge in [-0.1, -0.05) is 19.1 Å². The van der Waals surface area contributed by atoms with E-state index in [1.807, 2.05) is 24.3 Å². The van der Waals surface area contributed by atoms with Crippen LogP contribution < -0.4 is 15.2 Å². The number of nitrogens with zero attached hydrogens (tertiary/aromatic N) is 3. The van der Waals surface area contributed by atoms with Crippen molar-refractivity contribution in [1.29, 1.82) is 0 Å². The molecule has 3 fully saturated rings. The highest BCUT2D eigenvalue weighted by Crippen LogP contribution is 2.33. The van der Waals surface area contributed by atoms with Crippen LogP contribution in [-0.4, -0.2) is 59.4 Å². The SMILES string of the molecule is CC1CCC(N2CCC(Oc3ccc(-c4cnc(N)nc4O[C@@H]4CCOC4)cc3)C2)CC1. The summed E-state index contributed by atoms with van der Waals surface area (Å²) in [5.41, 5.74) is 7.62. The number of hydrogen-bond acceptors (Lipinski definition) is 7. The molecule has 2 aliphatic heterocycles. The average molecular weight is 439 g/mol. The van der Waals surface area contributed by atoms with Gasteiger partial charge < -0.3 is 19.9 Å². The first-order valence-electron chi connectivity index (χ1n) is 12.0. The summed E-state index contributed by atoms with van der Waals surface area (Å²) in [6.45, 7) is 5.86. The van der Waals surface area contributed by atoms with Crippen LogP contribution in [-0.2, 0) is 4.74 Å². The summed E-state index contributed by atoms with van der Waals surface area (Å²) in [7, 11) is 0. The highest BCUT2D eigenvalue weighted by molar-refractivity contribution is 5.69. The van der Waals surface area contributed by atoms with E-state index in [2.05, 4.69) is 21.8 Å². The fourth-order valence-corrected chi connectivity index (χ4v) is 5.13. The van der Waals surface area contributed by atoms with Crippen LogP contribution in [0.3, 0.4) is 0 Å². The maximum absolute atomic E-state index is 6.32. The highest BCUT2D eigenvalue weighted by atomic mass is 16.5. The molecule has 0 bridgehead atoms. The Morgan fingerprint density at radius 3 is 2.56 bits per heavy atom. The lowest BCUT2D eigenvalue weighted by Crippen LogP contribution is -2.37. The second-order valence-electron chi connectivity index (χ2n) is 9.51. The molecule has 5 rings (SSSR count). The molecule has 2 saturated heterocycles. The zero-order valence-corrected chi connectivity index (χ0v) is 18.9. The summed E-state index contributed by atoms with van der Waals surface area (Å²) in [6.07, 6.45) is 9.35. The van der Waals surface area contributed by atoms with E-state index in [4.69, 9.17) is 19.9 Å². The molecule has 7 heteroatoms. The molecule has 1 aromatic heterocycles. The predicted molar refractivity (Wildman–Crippen MR) is 124 cm³/mol. The van der Waals surface area contributed by atoms with Gasteiger partial charge in [0.1, 0.15) is 18.0 Å². The molecule has 32 heavy (non-hydrogen) atoms. The molecular weight excluding hydrogens is 404 g/mol. The zero-order chi connectivity index (χ0) is 21.9. The van der Waals surface area contributed by atoms with E-state index in [9.17, 15) is 0 Å². The highest BCUT2D eigenvalue weighted by Gasteiger charge is 2.31. The van der Waals surface area contributed by atoms with E-state index in [-0.39, 0.29) is 18.2 Å². The van der Waals surface area contributed by atoms with Gasteiger partial charge in [-0.3, -0.25) is 4.90 Å². The van der Waals surface area contributed by atoms with Gasteiger partial charge in [0.15, 0.2) is 0 Å². The van der Waals surface area contributed by atoms with E-state index in [0.717, 1.165) is 54.8 Å². The van der Waals surface area contributed by atoms with Gasteiger partial charge in [0.25, 0.3) is 0 Å². The van der Waals surface area contributed by atoms with E-state index < -0.39 is 0 Å². The van der Waals surface area contributed by atoms with Gasteiger partial charge in [0, 0.05) is 31.7 Å². The molecule has 3 aliphatic rings. The molecule has 1 unspecified atom stereocenters. The molecule has 2 atom stereocenters. The molecular formula is C25H34N4O3. The van der Waals surface area contributed by atoms with Crippen molar-refractivity contribution in [3.63, 3.8) is 0 Å². The number of ether oxygens (including phenoxy) is 3.